The molecule has 1 aromatic heterocycles. The average Bonchev–Trinajstić information content (AvgIpc) is 3.21. The number of hydrogen-bond acceptors (Lipinski definition) is 5. The zero-order valence-electron chi connectivity index (χ0n) is 15.4. The third kappa shape index (κ3) is 3.49. The lowest BCUT2D eigenvalue weighted by atomic mass is 10.1. The van der Waals surface area contributed by atoms with E-state index >= 15 is 0 Å². The highest BCUT2D eigenvalue weighted by molar-refractivity contribution is 5.95. The predicted molar refractivity (Wildman–Crippen MR) is 91.9 cm³/mol. The molecule has 3 heterocycles. The Morgan fingerprint density at radius 3 is 2.92 bits per heavy atom. The molecule has 10 heteroatoms. The zero-order valence-corrected chi connectivity index (χ0v) is 15.4. The van der Waals surface area contributed by atoms with Crippen molar-refractivity contribution in [2.24, 2.45) is 0 Å². The minimum atomic E-state index is -0.468. The molecule has 0 radical (unpaired) electrons. The first-order valence-corrected chi connectivity index (χ1v) is 8.83. The van der Waals surface area contributed by atoms with Crippen molar-refractivity contribution < 1.29 is 14.4 Å². The van der Waals surface area contributed by atoms with E-state index in [1.165, 1.54) is 9.80 Å². The van der Waals surface area contributed by atoms with Crippen molar-refractivity contribution in [1.29, 1.82) is 0 Å². The number of aromatic nitrogens is 3. The molecule has 3 rings (SSSR count). The van der Waals surface area contributed by atoms with E-state index in [0.29, 0.717) is 19.5 Å². The number of rotatable bonds is 5. The lowest BCUT2D eigenvalue weighted by Crippen LogP contribution is -2.55. The van der Waals surface area contributed by atoms with Crippen molar-refractivity contribution in [2.75, 3.05) is 27.2 Å². The molecule has 10 nitrogen and oxygen atoms in total. The summed E-state index contributed by atoms with van der Waals surface area (Å²) in [5, 5.41) is 10.9. The Bertz CT molecular complexity index is 704. The van der Waals surface area contributed by atoms with Gasteiger partial charge in [0.2, 0.25) is 11.8 Å². The molecular formula is C16H25N7O3. The first-order chi connectivity index (χ1) is 12.4. The van der Waals surface area contributed by atoms with Crippen molar-refractivity contribution in [1.82, 2.24) is 34.8 Å². The minimum absolute atomic E-state index is 0.0672. The van der Waals surface area contributed by atoms with Gasteiger partial charge in [0.05, 0.1) is 19.1 Å². The van der Waals surface area contributed by atoms with Gasteiger partial charge >= 0.3 is 6.03 Å². The molecule has 26 heavy (non-hydrogen) atoms. The summed E-state index contributed by atoms with van der Waals surface area (Å²) in [7, 11) is 3.32. The second-order valence-corrected chi connectivity index (χ2v) is 6.93. The van der Waals surface area contributed by atoms with E-state index in [-0.39, 0.29) is 30.4 Å². The van der Waals surface area contributed by atoms with Gasteiger partial charge < -0.3 is 24.6 Å². The second kappa shape index (κ2) is 7.30. The normalized spacial score (nSPS) is 22.6. The molecule has 2 fully saturated rings. The Balaban J connectivity index is 1.57. The predicted octanol–water partition coefficient (Wildman–Crippen LogP) is -0.729. The molecule has 1 aromatic rings. The summed E-state index contributed by atoms with van der Waals surface area (Å²) < 4.78 is 1.92. The van der Waals surface area contributed by atoms with Crippen LogP contribution in [0.4, 0.5) is 4.79 Å². The number of piperazine rings is 1. The monoisotopic (exact) mass is 363 g/mol. The maximum Gasteiger partial charge on any atom is 0.317 e. The summed E-state index contributed by atoms with van der Waals surface area (Å²) in [6.45, 7) is 3.67. The van der Waals surface area contributed by atoms with Crippen LogP contribution >= 0.6 is 0 Å². The molecular weight excluding hydrogens is 338 g/mol. The van der Waals surface area contributed by atoms with E-state index in [1.54, 1.807) is 25.3 Å². The number of carbonyl (C=O) groups is 3. The Morgan fingerprint density at radius 1 is 1.42 bits per heavy atom. The number of amides is 4. The second-order valence-electron chi connectivity index (χ2n) is 6.93. The highest BCUT2D eigenvalue weighted by Gasteiger charge is 2.45. The van der Waals surface area contributed by atoms with Gasteiger partial charge in [0.25, 0.3) is 0 Å². The van der Waals surface area contributed by atoms with E-state index in [2.05, 4.69) is 22.4 Å². The lowest BCUT2D eigenvalue weighted by molar-refractivity contribution is -0.152. The Kier molecular flexibility index (Phi) is 5.10. The average molecular weight is 363 g/mol. The molecule has 0 bridgehead atoms. The molecule has 142 valence electrons. The van der Waals surface area contributed by atoms with Crippen molar-refractivity contribution >= 4 is 17.8 Å². The third-order valence-electron chi connectivity index (χ3n) is 4.87. The van der Waals surface area contributed by atoms with Gasteiger partial charge in [-0.15, -0.1) is 10.2 Å². The summed E-state index contributed by atoms with van der Waals surface area (Å²) in [6.07, 6.45) is 3.06. The first-order valence-electron chi connectivity index (χ1n) is 8.83. The Labute approximate surface area is 152 Å². The smallest absolute Gasteiger partial charge is 0.317 e. The van der Waals surface area contributed by atoms with Crippen LogP contribution in [0, 0.1) is 0 Å². The summed E-state index contributed by atoms with van der Waals surface area (Å²) in [6, 6.07) is -0.957. The van der Waals surface area contributed by atoms with Crippen molar-refractivity contribution in [3.63, 3.8) is 0 Å². The van der Waals surface area contributed by atoms with Gasteiger partial charge in [-0.1, -0.05) is 6.92 Å². The van der Waals surface area contributed by atoms with Crippen LogP contribution in [0.25, 0.3) is 0 Å². The van der Waals surface area contributed by atoms with Gasteiger partial charge in [-0.25, -0.2) is 4.79 Å². The van der Waals surface area contributed by atoms with Gasteiger partial charge in [0.1, 0.15) is 12.4 Å². The zero-order chi connectivity index (χ0) is 18.8. The maximum atomic E-state index is 12.5. The van der Waals surface area contributed by atoms with Gasteiger partial charge in [-0.05, 0) is 12.8 Å². The third-order valence-corrected chi connectivity index (χ3v) is 4.87. The molecule has 4 amide bonds. The van der Waals surface area contributed by atoms with Gasteiger partial charge in [0.15, 0.2) is 5.82 Å². The fraction of sp³-hybridized carbons (Fsp3) is 0.688. The van der Waals surface area contributed by atoms with E-state index in [0.717, 1.165) is 18.8 Å². The summed E-state index contributed by atoms with van der Waals surface area (Å²) >= 11 is 0. The molecule has 0 aliphatic carbocycles. The molecule has 0 spiro atoms. The largest absolute Gasteiger partial charge is 0.335 e. The molecule has 2 aliphatic heterocycles. The van der Waals surface area contributed by atoms with Crippen LogP contribution in [0.15, 0.2) is 6.33 Å². The molecule has 0 aromatic carbocycles. The highest BCUT2D eigenvalue weighted by Crippen LogP contribution is 2.23. The number of likely N-dealkylation sites (N-methyl/N-ethyl adjacent to an activating group) is 1. The van der Waals surface area contributed by atoms with Crippen LogP contribution in [-0.4, -0.2) is 86.6 Å². The number of nitrogens with one attached hydrogen (secondary N) is 1. The quantitative estimate of drug-likeness (QED) is 0.743. The van der Waals surface area contributed by atoms with E-state index in [9.17, 15) is 14.4 Å². The maximum absolute atomic E-state index is 12.5. The topological polar surface area (TPSA) is 104 Å². The minimum Gasteiger partial charge on any atom is -0.335 e. The molecule has 0 saturated carbocycles. The Hall–Kier alpha value is -2.65. The number of urea groups is 1. The number of hydrogen-bond donors (Lipinski definition) is 1. The lowest BCUT2D eigenvalue weighted by Gasteiger charge is -2.33. The standard InChI is InChI=1S/C16H25N7O3/c1-4-5-22-10-17-19-13(22)8-21(3)16(26)18-11-6-12-15(25)20(2)9-14(24)23(12)7-11/h10-12H,4-9H2,1-3H3,(H,18,26)/t11-,12-/m0/s1. The van der Waals surface area contributed by atoms with Crippen molar-refractivity contribution in [2.45, 2.75) is 44.9 Å². The van der Waals surface area contributed by atoms with Crippen LogP contribution < -0.4 is 5.32 Å². The fourth-order valence-electron chi connectivity index (χ4n) is 3.47. The van der Waals surface area contributed by atoms with Crippen LogP contribution in [0.1, 0.15) is 25.6 Å². The van der Waals surface area contributed by atoms with E-state index < -0.39 is 6.04 Å². The molecule has 2 aliphatic rings. The van der Waals surface area contributed by atoms with Gasteiger partial charge in [-0.3, -0.25) is 9.59 Å². The summed E-state index contributed by atoms with van der Waals surface area (Å²) in [4.78, 5) is 41.4. The van der Waals surface area contributed by atoms with Crippen LogP contribution in [-0.2, 0) is 22.7 Å². The first kappa shape index (κ1) is 18.2. The van der Waals surface area contributed by atoms with Crippen molar-refractivity contribution in [3.8, 4) is 0 Å². The molecule has 2 saturated heterocycles. The van der Waals surface area contributed by atoms with Gasteiger partial charge in [-0.2, -0.15) is 0 Å². The summed E-state index contributed by atoms with van der Waals surface area (Å²) in [5.74, 6) is 0.581. The molecule has 1 N–H and O–H groups in total. The summed E-state index contributed by atoms with van der Waals surface area (Å²) in [5.41, 5.74) is 0. The number of carbonyl (C=O) groups excluding carboxylic acids is 3. The van der Waals surface area contributed by atoms with Crippen molar-refractivity contribution in [3.05, 3.63) is 12.2 Å². The van der Waals surface area contributed by atoms with Crippen LogP contribution in [0.5, 0.6) is 0 Å². The Morgan fingerprint density at radius 2 is 2.19 bits per heavy atom. The number of nitrogens with zero attached hydrogens (tertiary/aromatic N) is 6. The molecule has 2 atom stereocenters. The number of aryl methyl sites for hydroxylation is 1. The SMILES string of the molecule is CCCn1cnnc1CN(C)C(=O)N[C@H]1C[C@H]2C(=O)N(C)CC(=O)N2C1. The van der Waals surface area contributed by atoms with E-state index in [1.807, 2.05) is 4.57 Å². The van der Waals surface area contributed by atoms with E-state index in [4.69, 9.17) is 0 Å². The number of fused-ring (bicyclic) bond motifs is 1. The van der Waals surface area contributed by atoms with Crippen LogP contribution in [0.3, 0.4) is 0 Å². The molecule has 0 unspecified atom stereocenters. The van der Waals surface area contributed by atoms with Gasteiger partial charge in [0, 0.05) is 27.2 Å². The fourth-order valence-corrected chi connectivity index (χ4v) is 3.47. The van der Waals surface area contributed by atoms with Crippen LogP contribution in [0.2, 0.25) is 0 Å². The highest BCUT2D eigenvalue weighted by atomic mass is 16.2.